The number of nitrogens with two attached hydrogens (primary N) is 1. The Labute approximate surface area is 167 Å². The smallest absolute Gasteiger partial charge is 0.411 e. The molecule has 2 aliphatic heterocycles. The Morgan fingerprint density at radius 3 is 2.61 bits per heavy atom. The molecule has 0 aromatic rings. The van der Waals surface area contributed by atoms with Crippen LogP contribution in [0.5, 0.6) is 0 Å². The van der Waals surface area contributed by atoms with Crippen LogP contribution < -0.4 is 5.73 Å². The second kappa shape index (κ2) is 10.5. The zero-order chi connectivity index (χ0) is 20.7. The highest BCUT2D eigenvalue weighted by atomic mass is 16.6. The number of likely N-dealkylation sites (N-methyl/N-ethyl adjacent to an activating group) is 1. The summed E-state index contributed by atoms with van der Waals surface area (Å²) in [5, 5.41) is 0. The molecule has 0 aliphatic carbocycles. The maximum atomic E-state index is 13.1. The number of carbonyl (C=O) groups excluding carboxylic acids is 3. The third kappa shape index (κ3) is 4.84. The quantitative estimate of drug-likeness (QED) is 0.630. The largest absolute Gasteiger partial charge is 0.445 e. The van der Waals surface area contributed by atoms with Gasteiger partial charge in [-0.05, 0) is 32.2 Å². The predicted octanol–water partition coefficient (Wildman–Crippen LogP) is 1.56. The minimum Gasteiger partial charge on any atom is -0.445 e. The number of ether oxygens (including phenoxy) is 1. The monoisotopic (exact) mass is 394 g/mol. The maximum absolute atomic E-state index is 13.1. The minimum absolute atomic E-state index is 0.0529. The van der Waals surface area contributed by atoms with Crippen molar-refractivity contribution in [3.63, 3.8) is 0 Å². The SMILES string of the molecule is CCC/C=C/COC(=O)N1C[C@@H](CC)C(=O)N2[C@@H]1CN(C)C(=O)[C@@H]2CCCN. The standard InChI is InChI=1S/C20H34N4O4/c1-4-6-7-8-12-28-20(27)23-13-15(5-2)18(25)24-16(10-9-11-21)19(26)22(3)14-17(23)24/h7-8,15-17H,4-6,9-14,21H2,1-3H3/b8-7+/t15-,16+,17-/m1/s1. The highest BCUT2D eigenvalue weighted by Gasteiger charge is 2.50. The normalized spacial score (nSPS) is 25.4. The summed E-state index contributed by atoms with van der Waals surface area (Å²) in [4.78, 5) is 43.4. The van der Waals surface area contributed by atoms with Gasteiger partial charge in [0.15, 0.2) is 0 Å². The van der Waals surface area contributed by atoms with Gasteiger partial charge in [0, 0.05) is 13.6 Å². The van der Waals surface area contributed by atoms with Gasteiger partial charge in [-0.15, -0.1) is 0 Å². The molecule has 3 atom stereocenters. The molecule has 0 aromatic heterocycles. The molecule has 8 heteroatoms. The number of allylic oxidation sites excluding steroid dienone is 1. The Kier molecular flexibility index (Phi) is 8.29. The summed E-state index contributed by atoms with van der Waals surface area (Å²) in [5.41, 5.74) is 5.63. The number of fused-ring (bicyclic) bond motifs is 1. The Balaban J connectivity index is 2.20. The number of carbonyl (C=O) groups is 3. The molecular weight excluding hydrogens is 360 g/mol. The summed E-state index contributed by atoms with van der Waals surface area (Å²) >= 11 is 0. The van der Waals surface area contributed by atoms with Crippen LogP contribution in [0.1, 0.15) is 46.0 Å². The van der Waals surface area contributed by atoms with Crippen LogP contribution in [0.25, 0.3) is 0 Å². The van der Waals surface area contributed by atoms with Crippen LogP contribution in [0.2, 0.25) is 0 Å². The molecule has 2 saturated heterocycles. The molecule has 2 N–H and O–H groups in total. The molecule has 158 valence electrons. The second-order valence-electron chi connectivity index (χ2n) is 7.49. The van der Waals surface area contributed by atoms with Crippen molar-refractivity contribution in [2.45, 2.75) is 58.2 Å². The molecule has 28 heavy (non-hydrogen) atoms. The number of amides is 3. The number of hydrogen-bond donors (Lipinski definition) is 1. The lowest BCUT2D eigenvalue weighted by Crippen LogP contribution is -2.72. The highest BCUT2D eigenvalue weighted by molar-refractivity contribution is 5.91. The van der Waals surface area contributed by atoms with E-state index in [9.17, 15) is 14.4 Å². The Bertz CT molecular complexity index is 595. The molecule has 0 bridgehead atoms. The van der Waals surface area contributed by atoms with E-state index in [4.69, 9.17) is 10.5 Å². The van der Waals surface area contributed by atoms with Crippen molar-refractivity contribution in [1.82, 2.24) is 14.7 Å². The molecule has 8 nitrogen and oxygen atoms in total. The Hall–Kier alpha value is -2.09. The van der Waals surface area contributed by atoms with Gasteiger partial charge in [-0.2, -0.15) is 0 Å². The fourth-order valence-electron chi connectivity index (χ4n) is 3.83. The van der Waals surface area contributed by atoms with Gasteiger partial charge in [-0.3, -0.25) is 14.5 Å². The zero-order valence-corrected chi connectivity index (χ0v) is 17.3. The van der Waals surface area contributed by atoms with E-state index in [1.807, 2.05) is 19.1 Å². The third-order valence-electron chi connectivity index (χ3n) is 5.47. The zero-order valence-electron chi connectivity index (χ0n) is 17.3. The van der Waals surface area contributed by atoms with Crippen molar-refractivity contribution in [2.24, 2.45) is 11.7 Å². The van der Waals surface area contributed by atoms with Crippen molar-refractivity contribution >= 4 is 17.9 Å². The van der Waals surface area contributed by atoms with E-state index >= 15 is 0 Å². The molecule has 0 saturated carbocycles. The van der Waals surface area contributed by atoms with E-state index in [2.05, 4.69) is 6.92 Å². The number of nitrogens with zero attached hydrogens (tertiary/aromatic N) is 3. The fourth-order valence-corrected chi connectivity index (χ4v) is 3.83. The summed E-state index contributed by atoms with van der Waals surface area (Å²) in [6.45, 7) is 5.28. The van der Waals surface area contributed by atoms with E-state index in [0.717, 1.165) is 12.8 Å². The first-order chi connectivity index (χ1) is 13.5. The predicted molar refractivity (Wildman–Crippen MR) is 106 cm³/mol. The van der Waals surface area contributed by atoms with E-state index in [1.165, 1.54) is 0 Å². The van der Waals surface area contributed by atoms with Crippen molar-refractivity contribution < 1.29 is 19.1 Å². The van der Waals surface area contributed by atoms with Gasteiger partial charge in [0.1, 0.15) is 18.8 Å². The third-order valence-corrected chi connectivity index (χ3v) is 5.47. The van der Waals surface area contributed by atoms with Crippen LogP contribution in [0.3, 0.4) is 0 Å². The molecule has 3 amide bonds. The van der Waals surface area contributed by atoms with E-state index < -0.39 is 18.3 Å². The summed E-state index contributed by atoms with van der Waals surface area (Å²) in [6.07, 6.45) is 6.63. The van der Waals surface area contributed by atoms with Gasteiger partial charge in [0.2, 0.25) is 11.8 Å². The Morgan fingerprint density at radius 2 is 1.96 bits per heavy atom. The van der Waals surface area contributed by atoms with E-state index in [-0.39, 0.29) is 24.3 Å². The van der Waals surface area contributed by atoms with Crippen molar-refractivity contribution in [1.29, 1.82) is 0 Å². The lowest BCUT2D eigenvalue weighted by molar-refractivity contribution is -0.171. The van der Waals surface area contributed by atoms with Gasteiger partial charge in [-0.25, -0.2) is 4.79 Å². The summed E-state index contributed by atoms with van der Waals surface area (Å²) in [7, 11) is 1.71. The fraction of sp³-hybridized carbons (Fsp3) is 0.750. The van der Waals surface area contributed by atoms with Gasteiger partial charge < -0.3 is 20.3 Å². The van der Waals surface area contributed by atoms with E-state index in [0.29, 0.717) is 38.9 Å². The molecule has 0 radical (unpaired) electrons. The average Bonchev–Trinajstić information content (AvgIpc) is 2.68. The first-order valence-electron chi connectivity index (χ1n) is 10.3. The van der Waals surface area contributed by atoms with Crippen LogP contribution in [0.15, 0.2) is 12.2 Å². The summed E-state index contributed by atoms with van der Waals surface area (Å²) in [6, 6.07) is -0.575. The molecule has 0 unspecified atom stereocenters. The van der Waals surface area contributed by atoms with Crippen molar-refractivity contribution in [2.75, 3.05) is 33.3 Å². The van der Waals surface area contributed by atoms with Gasteiger partial charge in [0.05, 0.1) is 12.5 Å². The topological polar surface area (TPSA) is 96.2 Å². The average molecular weight is 395 g/mol. The van der Waals surface area contributed by atoms with Gasteiger partial charge >= 0.3 is 6.09 Å². The number of piperazine rings is 1. The van der Waals surface area contributed by atoms with Crippen molar-refractivity contribution in [3.8, 4) is 0 Å². The molecule has 2 aliphatic rings. The van der Waals surface area contributed by atoms with Crippen LogP contribution in [0, 0.1) is 5.92 Å². The minimum atomic E-state index is -0.575. The summed E-state index contributed by atoms with van der Waals surface area (Å²) in [5.74, 6) is -0.468. The lowest BCUT2D eigenvalue weighted by Gasteiger charge is -2.53. The van der Waals surface area contributed by atoms with E-state index in [1.54, 1.807) is 21.7 Å². The van der Waals surface area contributed by atoms with Crippen LogP contribution >= 0.6 is 0 Å². The maximum Gasteiger partial charge on any atom is 0.411 e. The van der Waals surface area contributed by atoms with Gasteiger partial charge in [-0.1, -0.05) is 32.4 Å². The highest BCUT2D eigenvalue weighted by Crippen LogP contribution is 2.30. The van der Waals surface area contributed by atoms with Crippen LogP contribution in [0.4, 0.5) is 4.79 Å². The van der Waals surface area contributed by atoms with Crippen LogP contribution in [-0.2, 0) is 14.3 Å². The molecule has 2 heterocycles. The first kappa shape index (κ1) is 22.2. The second-order valence-corrected chi connectivity index (χ2v) is 7.49. The van der Waals surface area contributed by atoms with Crippen LogP contribution in [-0.4, -0.2) is 78.1 Å². The molecule has 2 rings (SSSR count). The molecular formula is C20H34N4O4. The molecule has 0 spiro atoms. The Morgan fingerprint density at radius 1 is 1.21 bits per heavy atom. The summed E-state index contributed by atoms with van der Waals surface area (Å²) < 4.78 is 5.42. The first-order valence-corrected chi connectivity index (χ1v) is 10.3. The molecule has 0 aromatic carbocycles. The number of rotatable bonds is 8. The lowest BCUT2D eigenvalue weighted by atomic mass is 9.94. The number of hydrogen-bond acceptors (Lipinski definition) is 5. The van der Waals surface area contributed by atoms with Gasteiger partial charge in [0.25, 0.3) is 0 Å². The molecule has 2 fully saturated rings. The number of unbranched alkanes of at least 4 members (excludes halogenated alkanes) is 1. The van der Waals surface area contributed by atoms with Crippen molar-refractivity contribution in [3.05, 3.63) is 12.2 Å².